The molecule has 0 aliphatic carbocycles. The van der Waals surface area contributed by atoms with Gasteiger partial charge in [0.05, 0.1) is 17.3 Å². The Morgan fingerprint density at radius 1 is 1.41 bits per heavy atom. The highest BCUT2D eigenvalue weighted by Crippen LogP contribution is 2.34. The quantitative estimate of drug-likeness (QED) is 0.882. The molecule has 1 aliphatic rings. The van der Waals surface area contributed by atoms with Crippen molar-refractivity contribution < 1.29 is 9.90 Å². The van der Waals surface area contributed by atoms with Crippen LogP contribution in [0.2, 0.25) is 0 Å². The molecule has 1 N–H and O–H groups in total. The number of aromatic nitrogens is 1. The van der Waals surface area contributed by atoms with E-state index >= 15 is 0 Å². The first-order valence-electron chi connectivity index (χ1n) is 7.10. The summed E-state index contributed by atoms with van der Waals surface area (Å²) in [6.07, 6.45) is 2.75. The van der Waals surface area contributed by atoms with Crippen molar-refractivity contribution in [3.05, 3.63) is 29.1 Å². The number of phenols is 1. The molecule has 1 fully saturated rings. The fourth-order valence-corrected chi connectivity index (χ4v) is 3.45. The van der Waals surface area contributed by atoms with Gasteiger partial charge in [-0.1, -0.05) is 0 Å². The molecule has 0 unspecified atom stereocenters. The third kappa shape index (κ3) is 2.81. The molecule has 0 bridgehead atoms. The molecule has 0 saturated carbocycles. The van der Waals surface area contributed by atoms with Crippen LogP contribution in [0.15, 0.2) is 23.6 Å². The van der Waals surface area contributed by atoms with E-state index in [1.165, 1.54) is 17.4 Å². The van der Waals surface area contributed by atoms with Crippen LogP contribution >= 0.6 is 11.3 Å². The predicted octanol–water partition coefficient (Wildman–Crippen LogP) is 2.80. The zero-order valence-electron chi connectivity index (χ0n) is 11.9. The van der Waals surface area contributed by atoms with E-state index in [0.29, 0.717) is 16.8 Å². The number of aldehydes is 1. The molecule has 1 aliphatic heterocycles. The number of rotatable bonds is 3. The zero-order chi connectivity index (χ0) is 15.5. The lowest BCUT2D eigenvalue weighted by Gasteiger charge is -2.29. The number of nitrogens with zero attached hydrogens (tertiary/aromatic N) is 3. The predicted molar refractivity (Wildman–Crippen MR) is 84.9 cm³/mol. The largest absolute Gasteiger partial charge is 0.507 e. The number of anilines is 1. The van der Waals surface area contributed by atoms with Gasteiger partial charge in [0.25, 0.3) is 0 Å². The van der Waals surface area contributed by atoms with Crippen molar-refractivity contribution in [3.63, 3.8) is 0 Å². The van der Waals surface area contributed by atoms with Gasteiger partial charge in [0, 0.05) is 30.0 Å². The number of aromatic hydroxyl groups is 1. The van der Waals surface area contributed by atoms with E-state index in [9.17, 15) is 9.90 Å². The second-order valence-corrected chi connectivity index (χ2v) is 6.16. The maximum absolute atomic E-state index is 10.8. The third-order valence-corrected chi connectivity index (χ3v) is 4.80. The van der Waals surface area contributed by atoms with Crippen molar-refractivity contribution in [3.8, 4) is 23.1 Å². The number of carbonyl (C=O) groups is 1. The number of piperidine rings is 1. The summed E-state index contributed by atoms with van der Waals surface area (Å²) in [4.78, 5) is 17.5. The Balaban J connectivity index is 1.83. The van der Waals surface area contributed by atoms with Crippen LogP contribution < -0.4 is 4.90 Å². The summed E-state index contributed by atoms with van der Waals surface area (Å²) in [7, 11) is 0. The average Bonchev–Trinajstić information content (AvgIpc) is 3.05. The molecule has 3 rings (SSSR count). The molecular weight excluding hydrogens is 298 g/mol. The highest BCUT2D eigenvalue weighted by Gasteiger charge is 2.21. The molecular formula is C16H15N3O2S. The van der Waals surface area contributed by atoms with E-state index in [2.05, 4.69) is 16.0 Å². The lowest BCUT2D eigenvalue weighted by molar-refractivity contribution is -0.111. The van der Waals surface area contributed by atoms with Crippen molar-refractivity contribution in [1.82, 2.24) is 4.98 Å². The Bertz CT molecular complexity index is 727. The van der Waals surface area contributed by atoms with Crippen LogP contribution in [0, 0.1) is 17.2 Å². The van der Waals surface area contributed by atoms with Crippen LogP contribution in [0.25, 0.3) is 11.3 Å². The Morgan fingerprint density at radius 2 is 2.18 bits per heavy atom. The molecule has 1 saturated heterocycles. The summed E-state index contributed by atoms with van der Waals surface area (Å²) in [5, 5.41) is 21.7. The van der Waals surface area contributed by atoms with Crippen molar-refractivity contribution in [1.29, 1.82) is 5.26 Å². The molecule has 112 valence electrons. The van der Waals surface area contributed by atoms with Crippen molar-refractivity contribution >= 4 is 22.8 Å². The van der Waals surface area contributed by atoms with Crippen LogP contribution in [0.5, 0.6) is 5.75 Å². The minimum atomic E-state index is 0.121. The molecule has 0 radical (unpaired) electrons. The Kier molecular flexibility index (Phi) is 4.07. The maximum atomic E-state index is 10.8. The molecule has 1 aromatic heterocycles. The van der Waals surface area contributed by atoms with E-state index < -0.39 is 0 Å². The van der Waals surface area contributed by atoms with Gasteiger partial charge in [-0.05, 0) is 31.0 Å². The van der Waals surface area contributed by atoms with Gasteiger partial charge in [-0.2, -0.15) is 5.26 Å². The van der Waals surface area contributed by atoms with Crippen LogP contribution in [0.1, 0.15) is 18.4 Å². The molecule has 6 heteroatoms. The Hall–Kier alpha value is -2.39. The number of thiazole rings is 1. The third-order valence-electron chi connectivity index (χ3n) is 3.90. The van der Waals surface area contributed by atoms with Crippen LogP contribution in [0.4, 0.5) is 5.13 Å². The first-order valence-corrected chi connectivity index (χ1v) is 7.98. The number of phenolic OH excluding ortho intramolecular Hbond substituents is 1. The average molecular weight is 313 g/mol. The molecule has 0 atom stereocenters. The van der Waals surface area contributed by atoms with Gasteiger partial charge in [-0.15, -0.1) is 11.3 Å². The number of carbonyl (C=O) groups excluding carboxylic acids is 1. The molecule has 0 spiro atoms. The van der Waals surface area contributed by atoms with Crippen molar-refractivity contribution in [2.45, 2.75) is 12.8 Å². The number of benzene rings is 1. The molecule has 5 nitrogen and oxygen atoms in total. The van der Waals surface area contributed by atoms with Gasteiger partial charge in [0.2, 0.25) is 0 Å². The second-order valence-electron chi connectivity index (χ2n) is 5.32. The van der Waals surface area contributed by atoms with Gasteiger partial charge in [-0.25, -0.2) is 4.98 Å². The van der Waals surface area contributed by atoms with E-state index in [1.54, 1.807) is 12.1 Å². The topological polar surface area (TPSA) is 77.2 Å². The van der Waals surface area contributed by atoms with Crippen LogP contribution in [0.3, 0.4) is 0 Å². The summed E-state index contributed by atoms with van der Waals surface area (Å²) in [5.41, 5.74) is 1.74. The van der Waals surface area contributed by atoms with Crippen molar-refractivity contribution in [2.75, 3.05) is 18.0 Å². The zero-order valence-corrected chi connectivity index (χ0v) is 12.7. The molecule has 22 heavy (non-hydrogen) atoms. The second kappa shape index (κ2) is 6.16. The molecule has 0 amide bonds. The number of hydrogen-bond acceptors (Lipinski definition) is 6. The fraction of sp³-hybridized carbons (Fsp3) is 0.312. The highest BCUT2D eigenvalue weighted by atomic mass is 32.1. The lowest BCUT2D eigenvalue weighted by atomic mass is 9.99. The molecule has 2 heterocycles. The molecule has 2 aromatic rings. The standard InChI is InChI=1S/C16H15N3O2S/c17-8-12-1-2-15(21)13(7-12)14-10-22-16(18-14)19-5-3-11(9-20)4-6-19/h1-2,7,9-11,21H,3-6H2. The maximum Gasteiger partial charge on any atom is 0.185 e. The van der Waals surface area contributed by atoms with E-state index in [-0.39, 0.29) is 11.7 Å². The minimum absolute atomic E-state index is 0.121. The van der Waals surface area contributed by atoms with Gasteiger partial charge >= 0.3 is 0 Å². The summed E-state index contributed by atoms with van der Waals surface area (Å²) in [5.74, 6) is 0.280. The molecule has 1 aromatic carbocycles. The summed E-state index contributed by atoms with van der Waals surface area (Å²) in [6, 6.07) is 6.81. The Labute approximate surface area is 132 Å². The summed E-state index contributed by atoms with van der Waals surface area (Å²) < 4.78 is 0. The van der Waals surface area contributed by atoms with Gasteiger partial charge in [0.1, 0.15) is 12.0 Å². The van der Waals surface area contributed by atoms with E-state index in [0.717, 1.165) is 37.3 Å². The SMILES string of the molecule is N#Cc1ccc(O)c(-c2csc(N3CCC(C=O)CC3)n2)c1. The number of nitriles is 1. The minimum Gasteiger partial charge on any atom is -0.507 e. The van der Waals surface area contributed by atoms with Crippen molar-refractivity contribution in [2.24, 2.45) is 5.92 Å². The van der Waals surface area contributed by atoms with Gasteiger partial charge in [-0.3, -0.25) is 0 Å². The van der Waals surface area contributed by atoms with E-state index in [4.69, 9.17) is 5.26 Å². The van der Waals surface area contributed by atoms with Crippen LogP contribution in [-0.2, 0) is 4.79 Å². The van der Waals surface area contributed by atoms with Gasteiger partial charge in [0.15, 0.2) is 5.13 Å². The van der Waals surface area contributed by atoms with Gasteiger partial charge < -0.3 is 14.8 Å². The highest BCUT2D eigenvalue weighted by molar-refractivity contribution is 7.14. The number of hydrogen-bond donors (Lipinski definition) is 1. The lowest BCUT2D eigenvalue weighted by Crippen LogP contribution is -2.33. The van der Waals surface area contributed by atoms with E-state index in [1.807, 2.05) is 5.38 Å². The normalized spacial score (nSPS) is 15.5. The Morgan fingerprint density at radius 3 is 2.86 bits per heavy atom. The first-order chi connectivity index (χ1) is 10.7. The van der Waals surface area contributed by atoms with Crippen LogP contribution in [-0.4, -0.2) is 29.5 Å². The fourth-order valence-electron chi connectivity index (χ4n) is 2.57. The first kappa shape index (κ1) is 14.5. The summed E-state index contributed by atoms with van der Waals surface area (Å²) >= 11 is 1.51. The smallest absolute Gasteiger partial charge is 0.185 e. The summed E-state index contributed by atoms with van der Waals surface area (Å²) in [6.45, 7) is 1.64. The monoisotopic (exact) mass is 313 g/mol.